The molecule has 1 saturated carbocycles. The van der Waals surface area contributed by atoms with Crippen LogP contribution in [-0.2, 0) is 6.54 Å². The van der Waals surface area contributed by atoms with Crippen molar-refractivity contribution in [2.24, 2.45) is 0 Å². The van der Waals surface area contributed by atoms with Gasteiger partial charge in [0.2, 0.25) is 9.47 Å². The van der Waals surface area contributed by atoms with Crippen molar-refractivity contribution in [1.29, 1.82) is 0 Å². The summed E-state index contributed by atoms with van der Waals surface area (Å²) < 4.78 is 0.310. The number of hydrogen-bond acceptors (Lipinski definition) is 5. The molecule has 0 unspecified atom stereocenters. The molecule has 0 aromatic carbocycles. The second-order valence-electron chi connectivity index (χ2n) is 4.10. The van der Waals surface area contributed by atoms with Crippen molar-refractivity contribution in [3.63, 3.8) is 0 Å². The molecule has 94 valence electrons. The fourth-order valence-electron chi connectivity index (χ4n) is 1.74. The van der Waals surface area contributed by atoms with Crippen LogP contribution >= 0.6 is 34.3 Å². The van der Waals surface area contributed by atoms with E-state index in [1.165, 1.54) is 4.88 Å². The van der Waals surface area contributed by atoms with E-state index in [4.69, 9.17) is 11.6 Å². The van der Waals surface area contributed by atoms with E-state index in [9.17, 15) is 4.79 Å². The van der Waals surface area contributed by atoms with Gasteiger partial charge in [-0.3, -0.25) is 4.79 Å². The van der Waals surface area contributed by atoms with Crippen LogP contribution in [0.5, 0.6) is 0 Å². The second kappa shape index (κ2) is 4.95. The Bertz CT molecular complexity index is 550. The minimum atomic E-state index is -0.0599. The number of thiophene rings is 1. The summed E-state index contributed by atoms with van der Waals surface area (Å²) in [4.78, 5) is 15.4. The highest BCUT2D eigenvalue weighted by Crippen LogP contribution is 2.31. The van der Waals surface area contributed by atoms with Crippen LogP contribution in [0.2, 0.25) is 4.47 Å². The molecule has 2 aromatic rings. The molecule has 0 saturated heterocycles. The van der Waals surface area contributed by atoms with Gasteiger partial charge in [-0.25, -0.2) is 0 Å². The molecule has 0 radical (unpaired) electrons. The smallest absolute Gasteiger partial charge is 0.285 e. The summed E-state index contributed by atoms with van der Waals surface area (Å²) in [5, 5.41) is 9.91. The predicted octanol–water partition coefficient (Wildman–Crippen LogP) is 3.06. The van der Waals surface area contributed by atoms with E-state index in [0.717, 1.165) is 24.2 Å². The molecule has 1 amide bonds. The zero-order valence-electron chi connectivity index (χ0n) is 9.38. The third kappa shape index (κ3) is 2.55. The topological polar surface area (TPSA) is 46.1 Å². The Labute approximate surface area is 117 Å². The third-order valence-corrected chi connectivity index (χ3v) is 4.61. The van der Waals surface area contributed by atoms with Crippen LogP contribution in [0.1, 0.15) is 27.5 Å². The molecule has 1 fully saturated rings. The Hall–Kier alpha value is -0.980. The van der Waals surface area contributed by atoms with Gasteiger partial charge in [0.1, 0.15) is 0 Å². The number of halogens is 1. The molecule has 7 heteroatoms. The summed E-state index contributed by atoms with van der Waals surface area (Å²) >= 11 is 8.52. The SMILES string of the molecule is O=C(c1nnc(Cl)s1)N(Cc1cccs1)C1CC1. The lowest BCUT2D eigenvalue weighted by Gasteiger charge is -2.20. The van der Waals surface area contributed by atoms with Crippen molar-refractivity contribution in [2.75, 3.05) is 0 Å². The summed E-state index contributed by atoms with van der Waals surface area (Å²) in [6, 6.07) is 4.39. The predicted molar refractivity (Wildman–Crippen MR) is 72.1 cm³/mol. The van der Waals surface area contributed by atoms with Gasteiger partial charge in [-0.15, -0.1) is 21.5 Å². The minimum Gasteiger partial charge on any atom is -0.328 e. The van der Waals surface area contributed by atoms with Crippen molar-refractivity contribution in [2.45, 2.75) is 25.4 Å². The van der Waals surface area contributed by atoms with Crippen LogP contribution < -0.4 is 0 Å². The Morgan fingerprint density at radius 2 is 2.33 bits per heavy atom. The molecule has 1 aliphatic carbocycles. The molecule has 0 atom stereocenters. The first-order valence-corrected chi connectivity index (χ1v) is 7.64. The molecule has 1 aliphatic rings. The summed E-state index contributed by atoms with van der Waals surface area (Å²) in [7, 11) is 0. The van der Waals surface area contributed by atoms with E-state index in [-0.39, 0.29) is 5.91 Å². The van der Waals surface area contributed by atoms with E-state index in [0.29, 0.717) is 22.1 Å². The van der Waals surface area contributed by atoms with Crippen LogP contribution in [0.25, 0.3) is 0 Å². The van der Waals surface area contributed by atoms with Crippen LogP contribution in [-0.4, -0.2) is 27.0 Å². The quantitative estimate of drug-likeness (QED) is 0.871. The standard InChI is InChI=1S/C11H10ClN3OS2/c12-11-14-13-9(18-11)10(16)15(7-3-4-7)6-8-2-1-5-17-8/h1-2,5,7H,3-4,6H2. The summed E-state index contributed by atoms with van der Waals surface area (Å²) in [5.41, 5.74) is 0. The van der Waals surface area contributed by atoms with E-state index < -0.39 is 0 Å². The average Bonchev–Trinajstić information content (AvgIpc) is 2.88. The van der Waals surface area contributed by atoms with Crippen molar-refractivity contribution in [3.05, 3.63) is 31.9 Å². The lowest BCUT2D eigenvalue weighted by atomic mass is 10.4. The van der Waals surface area contributed by atoms with E-state index >= 15 is 0 Å². The first-order chi connectivity index (χ1) is 8.74. The fraction of sp³-hybridized carbons (Fsp3) is 0.364. The Kier molecular flexibility index (Phi) is 3.32. The van der Waals surface area contributed by atoms with Gasteiger partial charge in [0, 0.05) is 10.9 Å². The zero-order chi connectivity index (χ0) is 12.5. The van der Waals surface area contributed by atoms with Gasteiger partial charge in [0.05, 0.1) is 6.54 Å². The third-order valence-electron chi connectivity index (χ3n) is 2.74. The zero-order valence-corrected chi connectivity index (χ0v) is 11.8. The molecular weight excluding hydrogens is 290 g/mol. The number of amides is 1. The van der Waals surface area contributed by atoms with Gasteiger partial charge >= 0.3 is 0 Å². The molecule has 2 aromatic heterocycles. The van der Waals surface area contributed by atoms with Crippen LogP contribution in [0.3, 0.4) is 0 Å². The number of carbonyl (C=O) groups is 1. The molecule has 0 aliphatic heterocycles. The first-order valence-electron chi connectivity index (χ1n) is 5.56. The normalized spacial score (nSPS) is 14.7. The Morgan fingerprint density at radius 1 is 1.50 bits per heavy atom. The Morgan fingerprint density at radius 3 is 2.89 bits per heavy atom. The van der Waals surface area contributed by atoms with E-state index in [1.54, 1.807) is 11.3 Å². The van der Waals surface area contributed by atoms with Gasteiger partial charge in [0.25, 0.3) is 5.91 Å². The highest BCUT2D eigenvalue weighted by Gasteiger charge is 2.34. The van der Waals surface area contributed by atoms with Crippen molar-refractivity contribution < 1.29 is 4.79 Å². The number of carbonyl (C=O) groups excluding carboxylic acids is 1. The summed E-state index contributed by atoms with van der Waals surface area (Å²) in [6.07, 6.45) is 2.15. The van der Waals surface area contributed by atoms with Gasteiger partial charge in [-0.05, 0) is 35.9 Å². The molecule has 3 rings (SSSR count). The minimum absolute atomic E-state index is 0.0599. The number of nitrogens with zero attached hydrogens (tertiary/aromatic N) is 3. The fourth-order valence-corrected chi connectivity index (χ4v) is 3.23. The van der Waals surface area contributed by atoms with E-state index in [2.05, 4.69) is 10.2 Å². The van der Waals surface area contributed by atoms with Crippen LogP contribution in [0, 0.1) is 0 Å². The van der Waals surface area contributed by atoms with Crippen molar-refractivity contribution in [3.8, 4) is 0 Å². The maximum absolute atomic E-state index is 12.3. The largest absolute Gasteiger partial charge is 0.328 e. The lowest BCUT2D eigenvalue weighted by molar-refractivity contribution is 0.0730. The van der Waals surface area contributed by atoms with Crippen LogP contribution in [0.4, 0.5) is 0 Å². The van der Waals surface area contributed by atoms with Crippen LogP contribution in [0.15, 0.2) is 17.5 Å². The van der Waals surface area contributed by atoms with Gasteiger partial charge in [0.15, 0.2) is 0 Å². The summed E-state index contributed by atoms with van der Waals surface area (Å²) in [6.45, 7) is 0.651. The molecule has 0 N–H and O–H groups in total. The maximum atomic E-state index is 12.3. The first kappa shape index (κ1) is 12.1. The van der Waals surface area contributed by atoms with Gasteiger partial charge < -0.3 is 4.90 Å². The summed E-state index contributed by atoms with van der Waals surface area (Å²) in [5.74, 6) is -0.0599. The number of hydrogen-bond donors (Lipinski definition) is 0. The molecule has 0 spiro atoms. The highest BCUT2D eigenvalue weighted by molar-refractivity contribution is 7.17. The molecule has 4 nitrogen and oxygen atoms in total. The van der Waals surface area contributed by atoms with Crippen molar-refractivity contribution in [1.82, 2.24) is 15.1 Å². The molecule has 18 heavy (non-hydrogen) atoms. The van der Waals surface area contributed by atoms with E-state index in [1.807, 2.05) is 22.4 Å². The maximum Gasteiger partial charge on any atom is 0.285 e. The number of rotatable bonds is 4. The second-order valence-corrected chi connectivity index (χ2v) is 6.70. The molecule has 0 bridgehead atoms. The monoisotopic (exact) mass is 299 g/mol. The lowest BCUT2D eigenvalue weighted by Crippen LogP contribution is -2.32. The molecule has 2 heterocycles. The van der Waals surface area contributed by atoms with Crippen molar-refractivity contribution >= 4 is 40.2 Å². The number of aromatic nitrogens is 2. The highest BCUT2D eigenvalue weighted by atomic mass is 35.5. The molecular formula is C11H10ClN3OS2. The average molecular weight is 300 g/mol. The van der Waals surface area contributed by atoms with Gasteiger partial charge in [-0.1, -0.05) is 17.4 Å². The van der Waals surface area contributed by atoms with Gasteiger partial charge in [-0.2, -0.15) is 0 Å². The Balaban J connectivity index is 1.79.